The fourth-order valence-electron chi connectivity index (χ4n) is 4.16. The molecule has 2 amide bonds. The number of benzene rings is 3. The summed E-state index contributed by atoms with van der Waals surface area (Å²) in [7, 11) is -2.85. The number of nitrogens with one attached hydrogen (secondary N) is 1. The topological polar surface area (TPSA) is 96.0 Å². The summed E-state index contributed by atoms with van der Waals surface area (Å²) in [6.07, 6.45) is 1.05. The van der Waals surface area contributed by atoms with E-state index in [1.165, 1.54) is 36.3 Å². The minimum Gasteiger partial charge on any atom is -0.495 e. The highest BCUT2D eigenvalue weighted by Crippen LogP contribution is 2.35. The molecule has 0 saturated heterocycles. The molecule has 8 nitrogen and oxygen atoms in total. The third-order valence-corrected chi connectivity index (χ3v) is 8.48. The van der Waals surface area contributed by atoms with Gasteiger partial charge >= 0.3 is 0 Å². The molecule has 3 aromatic rings. The molecular weight excluding hydrogens is 573 g/mol. The van der Waals surface area contributed by atoms with E-state index in [0.29, 0.717) is 18.0 Å². The van der Waals surface area contributed by atoms with Gasteiger partial charge in [-0.15, -0.1) is 0 Å². The second kappa shape index (κ2) is 14.4. The van der Waals surface area contributed by atoms with Crippen molar-refractivity contribution in [3.05, 3.63) is 88.4 Å². The number of sulfonamides is 1. The zero-order valence-corrected chi connectivity index (χ0v) is 25.0. The van der Waals surface area contributed by atoms with Crippen LogP contribution in [-0.2, 0) is 26.2 Å². The molecule has 0 fully saturated rings. The summed E-state index contributed by atoms with van der Waals surface area (Å²) in [4.78, 5) is 28.6. The molecule has 3 rings (SSSR count). The third kappa shape index (κ3) is 7.68. The van der Waals surface area contributed by atoms with Crippen LogP contribution in [0.2, 0.25) is 10.0 Å². The summed E-state index contributed by atoms with van der Waals surface area (Å²) >= 11 is 12.3. The maximum Gasteiger partial charge on any atom is 0.264 e. The van der Waals surface area contributed by atoms with Crippen LogP contribution in [0.3, 0.4) is 0 Å². The normalized spacial score (nSPS) is 11.9. The first-order chi connectivity index (χ1) is 19.1. The van der Waals surface area contributed by atoms with Crippen molar-refractivity contribution < 1.29 is 22.7 Å². The van der Waals surface area contributed by atoms with Crippen LogP contribution in [0, 0.1) is 0 Å². The summed E-state index contributed by atoms with van der Waals surface area (Å²) in [6.45, 7) is 3.66. The van der Waals surface area contributed by atoms with E-state index in [4.69, 9.17) is 27.9 Å². The zero-order valence-electron chi connectivity index (χ0n) is 22.6. The molecule has 0 heterocycles. The van der Waals surface area contributed by atoms with E-state index in [-0.39, 0.29) is 33.8 Å². The number of carbonyl (C=O) groups is 2. The van der Waals surface area contributed by atoms with Gasteiger partial charge < -0.3 is 15.0 Å². The predicted molar refractivity (Wildman–Crippen MR) is 158 cm³/mol. The minimum atomic E-state index is -4.25. The number of nitrogens with zero attached hydrogens (tertiary/aromatic N) is 2. The predicted octanol–water partition coefficient (Wildman–Crippen LogP) is 5.53. The van der Waals surface area contributed by atoms with Crippen LogP contribution in [0.15, 0.2) is 77.7 Å². The highest BCUT2D eigenvalue weighted by molar-refractivity contribution is 7.92. The second-order valence-electron chi connectivity index (χ2n) is 9.00. The molecule has 214 valence electrons. The van der Waals surface area contributed by atoms with Gasteiger partial charge in [0.25, 0.3) is 10.0 Å². The van der Waals surface area contributed by atoms with Crippen molar-refractivity contribution >= 4 is 50.7 Å². The van der Waals surface area contributed by atoms with E-state index in [0.717, 1.165) is 16.3 Å². The molecule has 1 unspecified atom stereocenters. The van der Waals surface area contributed by atoms with Crippen molar-refractivity contribution in [1.29, 1.82) is 0 Å². The summed E-state index contributed by atoms with van der Waals surface area (Å²) in [5.74, 6) is -0.673. The first-order valence-corrected chi connectivity index (χ1v) is 15.0. The SMILES string of the molecule is CCCNC(=O)C(CC)N(Cc1ccc(Cl)cc1)C(=O)CN(c1cc(Cl)ccc1OC)S(=O)(=O)c1ccccc1. The first-order valence-electron chi connectivity index (χ1n) is 12.8. The van der Waals surface area contributed by atoms with Crippen molar-refractivity contribution in [2.75, 3.05) is 24.5 Å². The van der Waals surface area contributed by atoms with Gasteiger partial charge in [-0.3, -0.25) is 13.9 Å². The van der Waals surface area contributed by atoms with E-state index in [1.54, 1.807) is 55.5 Å². The Morgan fingerprint density at radius 1 is 0.950 bits per heavy atom. The molecule has 0 aliphatic carbocycles. The maximum atomic E-state index is 14.1. The van der Waals surface area contributed by atoms with Gasteiger partial charge in [0, 0.05) is 23.1 Å². The Hall–Kier alpha value is -3.27. The molecule has 0 spiro atoms. The Kier molecular flexibility index (Phi) is 11.2. The number of anilines is 1. The molecule has 0 aliphatic heterocycles. The monoisotopic (exact) mass is 605 g/mol. The third-order valence-electron chi connectivity index (χ3n) is 6.22. The Morgan fingerprint density at radius 3 is 2.20 bits per heavy atom. The fourth-order valence-corrected chi connectivity index (χ4v) is 5.89. The van der Waals surface area contributed by atoms with Crippen LogP contribution in [0.25, 0.3) is 0 Å². The lowest BCUT2D eigenvalue weighted by Crippen LogP contribution is -2.52. The number of methoxy groups -OCH3 is 1. The smallest absolute Gasteiger partial charge is 0.264 e. The standard InChI is InChI=1S/C29H33Cl2N3O5S/c1-4-17-32-29(36)25(5-2)33(19-21-11-13-22(30)14-12-21)28(35)20-34(26-18-23(31)15-16-27(26)39-3)40(37,38)24-9-7-6-8-10-24/h6-16,18,25H,4-5,17,19-20H2,1-3H3,(H,32,36). The Bertz CT molecular complexity index is 1400. The largest absolute Gasteiger partial charge is 0.495 e. The van der Waals surface area contributed by atoms with Crippen LogP contribution in [0.4, 0.5) is 5.69 Å². The molecule has 3 aromatic carbocycles. The van der Waals surface area contributed by atoms with E-state index in [2.05, 4.69) is 5.32 Å². The van der Waals surface area contributed by atoms with Crippen molar-refractivity contribution in [3.8, 4) is 5.75 Å². The average Bonchev–Trinajstić information content (AvgIpc) is 2.95. The molecule has 11 heteroatoms. The lowest BCUT2D eigenvalue weighted by molar-refractivity contribution is -0.140. The van der Waals surface area contributed by atoms with Crippen molar-refractivity contribution in [2.45, 2.75) is 44.2 Å². The van der Waals surface area contributed by atoms with Crippen molar-refractivity contribution in [3.63, 3.8) is 0 Å². The lowest BCUT2D eigenvalue weighted by Gasteiger charge is -2.33. The van der Waals surface area contributed by atoms with Gasteiger partial charge in [-0.05, 0) is 60.9 Å². The van der Waals surface area contributed by atoms with E-state index in [1.807, 2.05) is 6.92 Å². The molecule has 0 bridgehead atoms. The highest BCUT2D eigenvalue weighted by atomic mass is 35.5. The van der Waals surface area contributed by atoms with Crippen LogP contribution in [-0.4, -0.2) is 51.4 Å². The molecule has 1 atom stereocenters. The van der Waals surface area contributed by atoms with Crippen molar-refractivity contribution in [1.82, 2.24) is 10.2 Å². The summed E-state index contributed by atoms with van der Waals surface area (Å²) in [5.41, 5.74) is 0.833. The van der Waals surface area contributed by atoms with Gasteiger partial charge in [-0.2, -0.15) is 0 Å². The van der Waals surface area contributed by atoms with Gasteiger partial charge in [0.15, 0.2) is 0 Å². The molecule has 0 aromatic heterocycles. The quantitative estimate of drug-likeness (QED) is 0.276. The van der Waals surface area contributed by atoms with E-state index < -0.39 is 28.5 Å². The summed E-state index contributed by atoms with van der Waals surface area (Å²) in [5, 5.41) is 3.65. The van der Waals surface area contributed by atoms with Gasteiger partial charge in [0.05, 0.1) is 17.7 Å². The fraction of sp³-hybridized carbons (Fsp3) is 0.310. The summed E-state index contributed by atoms with van der Waals surface area (Å²) in [6, 6.07) is 18.4. The number of hydrogen-bond donors (Lipinski definition) is 1. The number of ether oxygens (including phenoxy) is 1. The number of hydrogen-bond acceptors (Lipinski definition) is 5. The van der Waals surface area contributed by atoms with Crippen LogP contribution in [0.1, 0.15) is 32.3 Å². The summed E-state index contributed by atoms with van der Waals surface area (Å²) < 4.78 is 34.3. The Morgan fingerprint density at radius 2 is 1.60 bits per heavy atom. The average molecular weight is 607 g/mol. The van der Waals surface area contributed by atoms with Crippen molar-refractivity contribution in [2.24, 2.45) is 0 Å². The number of amides is 2. The van der Waals surface area contributed by atoms with E-state index >= 15 is 0 Å². The molecule has 0 aliphatic rings. The molecule has 0 radical (unpaired) electrons. The molecule has 40 heavy (non-hydrogen) atoms. The Balaban J connectivity index is 2.10. The highest BCUT2D eigenvalue weighted by Gasteiger charge is 2.34. The first kappa shape index (κ1) is 31.3. The van der Waals surface area contributed by atoms with E-state index in [9.17, 15) is 18.0 Å². The van der Waals surface area contributed by atoms with Crippen LogP contribution in [0.5, 0.6) is 5.75 Å². The van der Waals surface area contributed by atoms with Gasteiger partial charge in [0.2, 0.25) is 11.8 Å². The number of rotatable bonds is 13. The number of halogens is 2. The molecule has 0 saturated carbocycles. The molecular formula is C29H33Cl2N3O5S. The van der Waals surface area contributed by atoms with Crippen LogP contribution >= 0.6 is 23.2 Å². The Labute approximate surface area is 245 Å². The lowest BCUT2D eigenvalue weighted by atomic mass is 10.1. The van der Waals surface area contributed by atoms with Gasteiger partial charge in [-0.1, -0.05) is 67.4 Å². The van der Waals surface area contributed by atoms with Crippen LogP contribution < -0.4 is 14.4 Å². The minimum absolute atomic E-state index is 0.0122. The van der Waals surface area contributed by atoms with Gasteiger partial charge in [-0.25, -0.2) is 8.42 Å². The maximum absolute atomic E-state index is 14.1. The second-order valence-corrected chi connectivity index (χ2v) is 11.7. The van der Waals surface area contributed by atoms with Gasteiger partial charge in [0.1, 0.15) is 18.3 Å². The molecule has 1 N–H and O–H groups in total. The zero-order chi connectivity index (χ0) is 29.3. The number of carbonyl (C=O) groups excluding carboxylic acids is 2.